The molecule has 1 saturated heterocycles. The van der Waals surface area contributed by atoms with Gasteiger partial charge in [-0.3, -0.25) is 9.69 Å². The van der Waals surface area contributed by atoms with Crippen molar-refractivity contribution in [1.82, 2.24) is 10.2 Å². The predicted molar refractivity (Wildman–Crippen MR) is 120 cm³/mol. The Morgan fingerprint density at radius 3 is 2.55 bits per heavy atom. The molecule has 0 bridgehead atoms. The topological polar surface area (TPSA) is 35.6 Å². The van der Waals surface area contributed by atoms with Gasteiger partial charge in [0.1, 0.15) is 0 Å². The largest absolute Gasteiger partial charge is 0.374 e. The molecule has 0 aliphatic carbocycles. The fraction of sp³-hybridized carbons (Fsp3) is 0.480. The Morgan fingerprint density at radius 2 is 1.79 bits per heavy atom. The molecule has 2 aliphatic heterocycles. The molecule has 1 amide bonds. The number of nitrogens with zero attached hydrogens (tertiary/aromatic N) is 2. The predicted octanol–water partition coefficient (Wildman–Crippen LogP) is 4.25. The third kappa shape index (κ3) is 4.32. The monoisotopic (exact) mass is 391 g/mol. The minimum absolute atomic E-state index is 0.0231. The number of anilines is 1. The molecule has 1 fully saturated rings. The molecule has 2 aromatic carbocycles. The summed E-state index contributed by atoms with van der Waals surface area (Å²) in [6.07, 6.45) is 4.85. The van der Waals surface area contributed by atoms with E-state index in [0.29, 0.717) is 6.54 Å². The third-order valence-corrected chi connectivity index (χ3v) is 6.65. The molecule has 0 spiro atoms. The molecule has 0 saturated carbocycles. The highest BCUT2D eigenvalue weighted by Gasteiger charge is 2.25. The first-order valence-corrected chi connectivity index (χ1v) is 11.0. The number of amides is 1. The zero-order chi connectivity index (χ0) is 20.4. The molecular weight excluding hydrogens is 358 g/mol. The van der Waals surface area contributed by atoms with Crippen LogP contribution in [0.5, 0.6) is 0 Å². The summed E-state index contributed by atoms with van der Waals surface area (Å²) in [5.41, 5.74) is 7.27. The lowest BCUT2D eigenvalue weighted by atomic mass is 9.96. The van der Waals surface area contributed by atoms with Crippen molar-refractivity contribution in [3.05, 3.63) is 64.2 Å². The van der Waals surface area contributed by atoms with Crippen LogP contribution in [0.1, 0.15) is 57.9 Å². The normalized spacial score (nSPS) is 17.8. The van der Waals surface area contributed by atoms with E-state index in [4.69, 9.17) is 0 Å². The number of hydrogen-bond acceptors (Lipinski definition) is 3. The first-order valence-electron chi connectivity index (χ1n) is 11.0. The lowest BCUT2D eigenvalue weighted by Crippen LogP contribution is -2.37. The minimum atomic E-state index is 0.0231. The highest BCUT2D eigenvalue weighted by molar-refractivity contribution is 5.94. The van der Waals surface area contributed by atoms with E-state index in [2.05, 4.69) is 54.2 Å². The summed E-state index contributed by atoms with van der Waals surface area (Å²) in [5, 5.41) is 3.22. The van der Waals surface area contributed by atoms with Gasteiger partial charge in [0.25, 0.3) is 5.91 Å². The van der Waals surface area contributed by atoms with Crippen LogP contribution >= 0.6 is 0 Å². The first kappa shape index (κ1) is 20.0. The summed E-state index contributed by atoms with van der Waals surface area (Å²) < 4.78 is 0. The van der Waals surface area contributed by atoms with E-state index in [1.165, 1.54) is 41.6 Å². The molecule has 29 heavy (non-hydrogen) atoms. The van der Waals surface area contributed by atoms with Crippen molar-refractivity contribution < 1.29 is 4.79 Å². The van der Waals surface area contributed by atoms with Gasteiger partial charge in [-0.15, -0.1) is 0 Å². The summed E-state index contributed by atoms with van der Waals surface area (Å²) in [4.78, 5) is 17.7. The maximum atomic E-state index is 12.8. The lowest BCUT2D eigenvalue weighted by Gasteiger charge is -2.32. The number of hydrogen-bond donors (Lipinski definition) is 1. The van der Waals surface area contributed by atoms with Crippen molar-refractivity contribution in [1.29, 1.82) is 0 Å². The van der Waals surface area contributed by atoms with Gasteiger partial charge in [-0.25, -0.2) is 0 Å². The molecule has 154 valence electrons. The Balaban J connectivity index is 1.53. The van der Waals surface area contributed by atoms with E-state index in [1.807, 2.05) is 18.2 Å². The Hall–Kier alpha value is -2.33. The van der Waals surface area contributed by atoms with Crippen molar-refractivity contribution in [2.75, 3.05) is 38.1 Å². The highest BCUT2D eigenvalue weighted by atomic mass is 16.1. The average Bonchev–Trinajstić information content (AvgIpc) is 3.25. The van der Waals surface area contributed by atoms with Crippen molar-refractivity contribution in [2.45, 2.75) is 45.6 Å². The fourth-order valence-electron chi connectivity index (χ4n) is 4.70. The van der Waals surface area contributed by atoms with Crippen LogP contribution in [0.25, 0.3) is 0 Å². The van der Waals surface area contributed by atoms with E-state index < -0.39 is 0 Å². The SMILES string of the molecule is Cc1ccc(C(=O)NC[C@H](c2ccc3c(c2)CCCN3C)N2CCCC2)cc1C. The molecule has 4 nitrogen and oxygen atoms in total. The van der Waals surface area contributed by atoms with E-state index in [1.54, 1.807) is 0 Å². The van der Waals surface area contributed by atoms with Crippen molar-refractivity contribution in [3.63, 3.8) is 0 Å². The van der Waals surface area contributed by atoms with Crippen LogP contribution in [0.15, 0.2) is 36.4 Å². The maximum absolute atomic E-state index is 12.8. The number of rotatable bonds is 5. The van der Waals surface area contributed by atoms with Gasteiger partial charge >= 0.3 is 0 Å². The number of carbonyl (C=O) groups is 1. The first-order chi connectivity index (χ1) is 14.0. The number of fused-ring (bicyclic) bond motifs is 1. The standard InChI is InChI=1S/C25H33N3O/c1-18-8-9-22(15-19(18)2)25(29)26-17-24(28-13-4-5-14-28)21-10-11-23-20(16-21)7-6-12-27(23)3/h8-11,15-16,24H,4-7,12-14,17H2,1-3H3,(H,26,29)/t24-/m1/s1. The van der Waals surface area contributed by atoms with Gasteiger partial charge in [-0.2, -0.15) is 0 Å². The van der Waals surface area contributed by atoms with Gasteiger partial charge < -0.3 is 10.2 Å². The van der Waals surface area contributed by atoms with Gasteiger partial charge in [-0.05, 0) is 93.1 Å². The number of likely N-dealkylation sites (tertiary alicyclic amines) is 1. The smallest absolute Gasteiger partial charge is 0.251 e. The van der Waals surface area contributed by atoms with Crippen LogP contribution < -0.4 is 10.2 Å². The van der Waals surface area contributed by atoms with Crippen LogP contribution in [-0.2, 0) is 6.42 Å². The molecule has 0 unspecified atom stereocenters. The van der Waals surface area contributed by atoms with Gasteiger partial charge in [0.05, 0.1) is 6.04 Å². The van der Waals surface area contributed by atoms with Crippen molar-refractivity contribution in [2.24, 2.45) is 0 Å². The minimum Gasteiger partial charge on any atom is -0.374 e. The molecule has 0 aromatic heterocycles. The number of nitrogens with one attached hydrogen (secondary N) is 1. The van der Waals surface area contributed by atoms with Gasteiger partial charge in [0.15, 0.2) is 0 Å². The second-order valence-corrected chi connectivity index (χ2v) is 8.68. The van der Waals surface area contributed by atoms with Gasteiger partial charge in [-0.1, -0.05) is 18.2 Å². The van der Waals surface area contributed by atoms with E-state index in [-0.39, 0.29) is 11.9 Å². The Labute approximate surface area is 174 Å². The molecule has 4 rings (SSSR count). The number of benzene rings is 2. The second-order valence-electron chi connectivity index (χ2n) is 8.68. The summed E-state index contributed by atoms with van der Waals surface area (Å²) >= 11 is 0. The molecule has 2 aromatic rings. The van der Waals surface area contributed by atoms with Crippen LogP contribution in [0.3, 0.4) is 0 Å². The molecule has 2 aliphatic rings. The summed E-state index contributed by atoms with van der Waals surface area (Å²) in [7, 11) is 2.18. The van der Waals surface area contributed by atoms with Crippen molar-refractivity contribution >= 4 is 11.6 Å². The Morgan fingerprint density at radius 1 is 1.00 bits per heavy atom. The molecular formula is C25H33N3O. The zero-order valence-electron chi connectivity index (χ0n) is 18.0. The quantitative estimate of drug-likeness (QED) is 0.827. The summed E-state index contributed by atoms with van der Waals surface area (Å²) in [6, 6.07) is 13.1. The van der Waals surface area contributed by atoms with Crippen LogP contribution in [0.4, 0.5) is 5.69 Å². The Bertz CT molecular complexity index is 886. The summed E-state index contributed by atoms with van der Waals surface area (Å²) in [5.74, 6) is 0.0231. The molecule has 2 heterocycles. The molecule has 4 heteroatoms. The van der Waals surface area contributed by atoms with Crippen LogP contribution in [-0.4, -0.2) is 44.0 Å². The fourth-order valence-corrected chi connectivity index (χ4v) is 4.70. The van der Waals surface area contributed by atoms with E-state index >= 15 is 0 Å². The second kappa shape index (κ2) is 8.58. The van der Waals surface area contributed by atoms with Crippen molar-refractivity contribution in [3.8, 4) is 0 Å². The van der Waals surface area contributed by atoms with Crippen LogP contribution in [0, 0.1) is 13.8 Å². The van der Waals surface area contributed by atoms with Gasteiger partial charge in [0, 0.05) is 31.4 Å². The lowest BCUT2D eigenvalue weighted by molar-refractivity contribution is 0.0938. The zero-order valence-corrected chi connectivity index (χ0v) is 18.0. The molecule has 0 radical (unpaired) electrons. The third-order valence-electron chi connectivity index (χ3n) is 6.65. The van der Waals surface area contributed by atoms with E-state index in [0.717, 1.165) is 37.2 Å². The number of carbonyl (C=O) groups excluding carboxylic acids is 1. The van der Waals surface area contributed by atoms with Gasteiger partial charge in [0.2, 0.25) is 0 Å². The maximum Gasteiger partial charge on any atom is 0.251 e. The highest BCUT2D eigenvalue weighted by Crippen LogP contribution is 2.31. The summed E-state index contributed by atoms with van der Waals surface area (Å²) in [6.45, 7) is 8.15. The van der Waals surface area contributed by atoms with E-state index in [9.17, 15) is 4.79 Å². The molecule has 1 N–H and O–H groups in total. The van der Waals surface area contributed by atoms with Crippen LogP contribution in [0.2, 0.25) is 0 Å². The Kier molecular flexibility index (Phi) is 5.91. The molecule has 1 atom stereocenters. The average molecular weight is 392 g/mol. The number of aryl methyl sites for hydroxylation is 3.